The summed E-state index contributed by atoms with van der Waals surface area (Å²) in [5.41, 5.74) is -0.871. The van der Waals surface area contributed by atoms with Crippen LogP contribution in [0.2, 0.25) is 0 Å². The number of pyridine rings is 1. The Morgan fingerprint density at radius 2 is 2.09 bits per heavy atom. The minimum Gasteiger partial charge on any atom is -0.468 e. The molecule has 0 aliphatic rings. The van der Waals surface area contributed by atoms with Crippen LogP contribution in [-0.4, -0.2) is 33.8 Å². The average Bonchev–Trinajstić information content (AvgIpc) is 2.52. The van der Waals surface area contributed by atoms with E-state index in [1.807, 2.05) is 0 Å². The third-order valence-electron chi connectivity index (χ3n) is 2.45. The van der Waals surface area contributed by atoms with Crippen molar-refractivity contribution < 1.29 is 22.7 Å². The van der Waals surface area contributed by atoms with Gasteiger partial charge in [-0.3, -0.25) is 9.78 Å². The fraction of sp³-hybridized carbons (Fsp3) is 0.231. The van der Waals surface area contributed by atoms with E-state index in [-0.39, 0.29) is 22.3 Å². The molecule has 0 aliphatic carbocycles. The summed E-state index contributed by atoms with van der Waals surface area (Å²) in [6, 6.07) is 5.54. The minimum absolute atomic E-state index is 0.0216. The van der Waals surface area contributed by atoms with Gasteiger partial charge in [0.25, 0.3) is 0 Å². The summed E-state index contributed by atoms with van der Waals surface area (Å²) in [4.78, 5) is 22.5. The molecule has 9 heteroatoms. The molecule has 0 amide bonds. The van der Waals surface area contributed by atoms with Gasteiger partial charge in [-0.05, 0) is 12.1 Å². The van der Waals surface area contributed by atoms with Crippen molar-refractivity contribution in [3.63, 3.8) is 0 Å². The molecule has 2 heterocycles. The van der Waals surface area contributed by atoms with Gasteiger partial charge in [-0.15, -0.1) is 0 Å². The standard InChI is InChI=1S/C13H10F3N3O2S/c1-21-11(20)7-22-10-6-9(13(14,15)16)18-12(19-10)8-4-2-3-5-17-8/h2-6H,7H2,1H3. The molecule has 0 spiro atoms. The van der Waals surface area contributed by atoms with Crippen molar-refractivity contribution >= 4 is 17.7 Å². The number of hydrogen-bond acceptors (Lipinski definition) is 6. The van der Waals surface area contributed by atoms with Crippen LogP contribution in [0.5, 0.6) is 0 Å². The number of carbonyl (C=O) groups excluding carboxylic acids is 1. The number of rotatable bonds is 4. The Morgan fingerprint density at radius 3 is 2.68 bits per heavy atom. The second-order valence-electron chi connectivity index (χ2n) is 3.99. The third kappa shape index (κ3) is 4.17. The number of aromatic nitrogens is 3. The first-order valence-corrected chi connectivity index (χ1v) is 6.96. The monoisotopic (exact) mass is 329 g/mol. The molecular weight excluding hydrogens is 319 g/mol. The van der Waals surface area contributed by atoms with Gasteiger partial charge in [0.15, 0.2) is 5.82 Å². The van der Waals surface area contributed by atoms with E-state index in [0.29, 0.717) is 0 Å². The number of alkyl halides is 3. The zero-order valence-corrected chi connectivity index (χ0v) is 12.1. The molecule has 0 aliphatic heterocycles. The van der Waals surface area contributed by atoms with Gasteiger partial charge in [0.05, 0.1) is 12.9 Å². The fourth-order valence-corrected chi connectivity index (χ4v) is 2.18. The average molecular weight is 329 g/mol. The zero-order chi connectivity index (χ0) is 16.2. The summed E-state index contributed by atoms with van der Waals surface area (Å²) in [6.07, 6.45) is -3.19. The summed E-state index contributed by atoms with van der Waals surface area (Å²) in [7, 11) is 1.20. The van der Waals surface area contributed by atoms with Crippen molar-refractivity contribution in [2.75, 3.05) is 12.9 Å². The van der Waals surface area contributed by atoms with Gasteiger partial charge in [0, 0.05) is 12.3 Å². The SMILES string of the molecule is COC(=O)CSc1cc(C(F)(F)F)nc(-c2ccccn2)n1. The highest BCUT2D eigenvalue weighted by molar-refractivity contribution is 7.99. The van der Waals surface area contributed by atoms with Crippen LogP contribution < -0.4 is 0 Å². The molecule has 0 fully saturated rings. The summed E-state index contributed by atoms with van der Waals surface area (Å²) in [6.45, 7) is 0. The highest BCUT2D eigenvalue weighted by Crippen LogP contribution is 2.31. The lowest BCUT2D eigenvalue weighted by molar-refractivity contribution is -0.141. The van der Waals surface area contributed by atoms with Crippen molar-refractivity contribution in [3.05, 3.63) is 36.2 Å². The van der Waals surface area contributed by atoms with E-state index in [1.165, 1.54) is 19.4 Å². The number of halogens is 3. The number of thioether (sulfide) groups is 1. The summed E-state index contributed by atoms with van der Waals surface area (Å²) in [5.74, 6) is -0.855. The van der Waals surface area contributed by atoms with Crippen molar-refractivity contribution in [2.45, 2.75) is 11.2 Å². The molecule has 0 saturated heterocycles. The first kappa shape index (κ1) is 16.2. The molecule has 116 valence electrons. The second-order valence-corrected chi connectivity index (χ2v) is 4.99. The topological polar surface area (TPSA) is 65.0 Å². The molecule has 0 bridgehead atoms. The van der Waals surface area contributed by atoms with Crippen LogP contribution in [0, 0.1) is 0 Å². The number of methoxy groups -OCH3 is 1. The van der Waals surface area contributed by atoms with Crippen LogP contribution in [0.25, 0.3) is 11.5 Å². The number of carbonyl (C=O) groups is 1. The minimum atomic E-state index is -4.62. The fourth-order valence-electron chi connectivity index (χ4n) is 1.45. The largest absolute Gasteiger partial charge is 0.468 e. The van der Waals surface area contributed by atoms with Gasteiger partial charge in [0.1, 0.15) is 16.4 Å². The van der Waals surface area contributed by atoms with Gasteiger partial charge >= 0.3 is 12.1 Å². The zero-order valence-electron chi connectivity index (χ0n) is 11.3. The Kier molecular flexibility index (Phi) is 4.96. The van der Waals surface area contributed by atoms with E-state index in [4.69, 9.17) is 0 Å². The summed E-state index contributed by atoms with van der Waals surface area (Å²) < 4.78 is 43.2. The first-order chi connectivity index (χ1) is 10.4. The number of esters is 1. The van der Waals surface area contributed by atoms with Crippen LogP contribution in [0.1, 0.15) is 5.69 Å². The second kappa shape index (κ2) is 6.73. The maximum absolute atomic E-state index is 12.9. The molecule has 0 N–H and O–H groups in total. The molecule has 0 aromatic carbocycles. The third-order valence-corrected chi connectivity index (χ3v) is 3.34. The lowest BCUT2D eigenvalue weighted by Crippen LogP contribution is -2.11. The Labute approximate surface area is 128 Å². The lowest BCUT2D eigenvalue weighted by atomic mass is 10.3. The van der Waals surface area contributed by atoms with E-state index in [9.17, 15) is 18.0 Å². The highest BCUT2D eigenvalue weighted by atomic mass is 32.2. The Balaban J connectivity index is 2.39. The van der Waals surface area contributed by atoms with Crippen molar-refractivity contribution in [1.29, 1.82) is 0 Å². The number of ether oxygens (including phenoxy) is 1. The molecule has 0 radical (unpaired) electrons. The van der Waals surface area contributed by atoms with Crippen LogP contribution in [0.4, 0.5) is 13.2 Å². The molecule has 0 atom stereocenters. The molecule has 2 aromatic rings. The van der Waals surface area contributed by atoms with Crippen LogP contribution in [0.3, 0.4) is 0 Å². The quantitative estimate of drug-likeness (QED) is 0.488. The number of hydrogen-bond donors (Lipinski definition) is 0. The highest BCUT2D eigenvalue weighted by Gasteiger charge is 2.34. The maximum Gasteiger partial charge on any atom is 0.433 e. The van der Waals surface area contributed by atoms with Crippen LogP contribution in [-0.2, 0) is 15.7 Å². The van der Waals surface area contributed by atoms with E-state index in [1.54, 1.807) is 12.1 Å². The van der Waals surface area contributed by atoms with E-state index in [0.717, 1.165) is 17.8 Å². The van der Waals surface area contributed by atoms with E-state index < -0.39 is 17.8 Å². The molecule has 0 unspecified atom stereocenters. The van der Waals surface area contributed by atoms with Gasteiger partial charge in [0.2, 0.25) is 0 Å². The van der Waals surface area contributed by atoms with Gasteiger partial charge in [-0.1, -0.05) is 17.8 Å². The van der Waals surface area contributed by atoms with E-state index in [2.05, 4.69) is 19.7 Å². The molecule has 0 saturated carbocycles. The van der Waals surface area contributed by atoms with Gasteiger partial charge < -0.3 is 4.74 Å². The molecular formula is C13H10F3N3O2S. The maximum atomic E-state index is 12.9. The molecule has 2 rings (SSSR count). The smallest absolute Gasteiger partial charge is 0.433 e. The van der Waals surface area contributed by atoms with Gasteiger partial charge in [-0.25, -0.2) is 9.97 Å². The molecule has 22 heavy (non-hydrogen) atoms. The Bertz CT molecular complexity index is 665. The summed E-state index contributed by atoms with van der Waals surface area (Å²) in [5, 5.41) is 0.0216. The van der Waals surface area contributed by atoms with E-state index >= 15 is 0 Å². The van der Waals surface area contributed by atoms with Gasteiger partial charge in [-0.2, -0.15) is 13.2 Å². The first-order valence-electron chi connectivity index (χ1n) is 5.97. The molecule has 2 aromatic heterocycles. The number of nitrogens with zero attached hydrogens (tertiary/aromatic N) is 3. The predicted octanol–water partition coefficient (Wildman–Crippen LogP) is 2.82. The van der Waals surface area contributed by atoms with Crippen LogP contribution in [0.15, 0.2) is 35.5 Å². The van der Waals surface area contributed by atoms with Crippen molar-refractivity contribution in [2.24, 2.45) is 0 Å². The lowest BCUT2D eigenvalue weighted by Gasteiger charge is -2.09. The predicted molar refractivity (Wildman–Crippen MR) is 73.0 cm³/mol. The summed E-state index contributed by atoms with van der Waals surface area (Å²) >= 11 is 0.839. The normalized spacial score (nSPS) is 11.3. The van der Waals surface area contributed by atoms with Crippen LogP contribution >= 0.6 is 11.8 Å². The van der Waals surface area contributed by atoms with Crippen molar-refractivity contribution in [3.8, 4) is 11.5 Å². The Hall–Kier alpha value is -2.16. The molecule has 5 nitrogen and oxygen atoms in total. The van der Waals surface area contributed by atoms with Crippen molar-refractivity contribution in [1.82, 2.24) is 15.0 Å². The Morgan fingerprint density at radius 1 is 1.32 bits per heavy atom.